The Morgan fingerprint density at radius 1 is 1.03 bits per heavy atom. The zero-order valence-electron chi connectivity index (χ0n) is 17.7. The molecule has 0 saturated carbocycles. The number of carbonyl (C=O) groups excluding carboxylic acids is 2. The highest BCUT2D eigenvalue weighted by atomic mass is 16.6. The predicted molar refractivity (Wildman–Crippen MR) is 112 cm³/mol. The third-order valence-corrected chi connectivity index (χ3v) is 4.08. The molecule has 0 spiro atoms. The normalized spacial score (nSPS) is 11.2. The molecule has 0 bridgehead atoms. The summed E-state index contributed by atoms with van der Waals surface area (Å²) in [5, 5.41) is 13.5. The summed E-state index contributed by atoms with van der Waals surface area (Å²) in [6.07, 6.45) is -1.18. The van der Waals surface area contributed by atoms with Crippen LogP contribution in [0, 0.1) is 10.1 Å². The maximum absolute atomic E-state index is 12.5. The van der Waals surface area contributed by atoms with Crippen LogP contribution in [0.25, 0.3) is 0 Å². The summed E-state index contributed by atoms with van der Waals surface area (Å²) in [6, 6.07) is 8.34. The molecule has 2 aromatic carbocycles. The van der Waals surface area contributed by atoms with Crippen molar-refractivity contribution in [2.45, 2.75) is 26.9 Å². The van der Waals surface area contributed by atoms with Crippen LogP contribution in [-0.4, -0.2) is 43.2 Å². The van der Waals surface area contributed by atoms with E-state index < -0.39 is 22.9 Å². The number of ether oxygens (including phenoxy) is 4. The zero-order chi connectivity index (χ0) is 23.0. The molecule has 0 radical (unpaired) electrons. The van der Waals surface area contributed by atoms with Gasteiger partial charge in [-0.2, -0.15) is 0 Å². The molecular weight excluding hydrogens is 408 g/mol. The van der Waals surface area contributed by atoms with Crippen LogP contribution in [0.15, 0.2) is 36.4 Å². The van der Waals surface area contributed by atoms with Crippen molar-refractivity contribution in [1.29, 1.82) is 0 Å². The van der Waals surface area contributed by atoms with Gasteiger partial charge in [-0.05, 0) is 45.0 Å². The van der Waals surface area contributed by atoms with E-state index in [1.165, 1.54) is 38.3 Å². The van der Waals surface area contributed by atoms with Gasteiger partial charge in [0.25, 0.3) is 11.6 Å². The Hall–Kier alpha value is -3.82. The number of nitrogens with zero attached hydrogens (tertiary/aromatic N) is 1. The van der Waals surface area contributed by atoms with E-state index in [0.717, 1.165) is 6.07 Å². The first kappa shape index (κ1) is 23.5. The topological polar surface area (TPSA) is 126 Å². The van der Waals surface area contributed by atoms with Crippen LogP contribution in [0.5, 0.6) is 17.2 Å². The molecule has 0 saturated heterocycles. The van der Waals surface area contributed by atoms with Crippen molar-refractivity contribution in [1.82, 2.24) is 0 Å². The molecular formula is C21H24N2O8. The van der Waals surface area contributed by atoms with Crippen molar-refractivity contribution in [3.8, 4) is 17.2 Å². The van der Waals surface area contributed by atoms with E-state index in [0.29, 0.717) is 24.7 Å². The molecule has 0 fully saturated rings. The van der Waals surface area contributed by atoms with Crippen molar-refractivity contribution in [3.63, 3.8) is 0 Å². The SMILES string of the molecule is CCOc1ccc(C(=O)OC(C)C(=O)Nc2cc([N+](=O)[O-])ccc2OC)cc1OCC. The molecule has 2 rings (SSSR count). The van der Waals surface area contributed by atoms with Crippen LogP contribution < -0.4 is 19.5 Å². The Morgan fingerprint density at radius 2 is 1.68 bits per heavy atom. The first-order valence-electron chi connectivity index (χ1n) is 9.54. The predicted octanol–water partition coefficient (Wildman–Crippen LogP) is 3.58. The number of nitro groups is 1. The van der Waals surface area contributed by atoms with Crippen LogP contribution in [0.3, 0.4) is 0 Å². The molecule has 31 heavy (non-hydrogen) atoms. The molecule has 0 aromatic heterocycles. The molecule has 0 heterocycles. The van der Waals surface area contributed by atoms with Crippen molar-refractivity contribution in [2.24, 2.45) is 0 Å². The maximum atomic E-state index is 12.5. The standard InChI is InChI=1S/C21H24N2O8/c1-5-29-18-9-7-14(11-19(18)30-6-2)21(25)31-13(3)20(24)22-16-12-15(23(26)27)8-10-17(16)28-4/h7-13H,5-6H2,1-4H3,(H,22,24). The lowest BCUT2D eigenvalue weighted by Gasteiger charge is -2.16. The minimum atomic E-state index is -1.18. The summed E-state index contributed by atoms with van der Waals surface area (Å²) >= 11 is 0. The van der Waals surface area contributed by atoms with E-state index >= 15 is 0 Å². The number of benzene rings is 2. The second-order valence-corrected chi connectivity index (χ2v) is 6.21. The molecule has 0 aliphatic rings. The number of hydrogen-bond donors (Lipinski definition) is 1. The molecule has 10 heteroatoms. The Bertz CT molecular complexity index is 960. The zero-order valence-corrected chi connectivity index (χ0v) is 17.7. The van der Waals surface area contributed by atoms with Crippen molar-refractivity contribution < 1.29 is 33.5 Å². The highest BCUT2D eigenvalue weighted by molar-refractivity contribution is 5.98. The Kier molecular flexibility index (Phi) is 8.18. The fourth-order valence-electron chi connectivity index (χ4n) is 2.60. The van der Waals surface area contributed by atoms with Gasteiger partial charge >= 0.3 is 5.97 Å². The average molecular weight is 432 g/mol. The van der Waals surface area contributed by atoms with Gasteiger partial charge in [-0.3, -0.25) is 14.9 Å². The van der Waals surface area contributed by atoms with E-state index in [-0.39, 0.29) is 22.7 Å². The Balaban J connectivity index is 2.12. The molecule has 1 atom stereocenters. The van der Waals surface area contributed by atoms with E-state index in [1.54, 1.807) is 13.0 Å². The first-order valence-corrected chi connectivity index (χ1v) is 9.54. The lowest BCUT2D eigenvalue weighted by molar-refractivity contribution is -0.384. The van der Waals surface area contributed by atoms with Crippen LogP contribution in [0.1, 0.15) is 31.1 Å². The van der Waals surface area contributed by atoms with Crippen molar-refractivity contribution >= 4 is 23.3 Å². The highest BCUT2D eigenvalue weighted by Gasteiger charge is 2.22. The number of hydrogen-bond acceptors (Lipinski definition) is 8. The van der Waals surface area contributed by atoms with Gasteiger partial charge < -0.3 is 24.3 Å². The highest BCUT2D eigenvalue weighted by Crippen LogP contribution is 2.30. The number of carbonyl (C=O) groups is 2. The lowest BCUT2D eigenvalue weighted by Crippen LogP contribution is -2.30. The molecule has 2 aromatic rings. The summed E-state index contributed by atoms with van der Waals surface area (Å²) in [7, 11) is 1.36. The largest absolute Gasteiger partial charge is 0.495 e. The van der Waals surface area contributed by atoms with E-state index in [9.17, 15) is 19.7 Å². The van der Waals surface area contributed by atoms with Gasteiger partial charge in [0, 0.05) is 12.1 Å². The van der Waals surface area contributed by atoms with E-state index in [1.807, 2.05) is 6.92 Å². The third-order valence-electron chi connectivity index (χ3n) is 4.08. The van der Waals surface area contributed by atoms with Gasteiger partial charge in [-0.25, -0.2) is 4.79 Å². The van der Waals surface area contributed by atoms with Gasteiger partial charge in [-0.15, -0.1) is 0 Å². The number of nitrogens with one attached hydrogen (secondary N) is 1. The summed E-state index contributed by atoms with van der Waals surface area (Å²) < 4.78 is 21.3. The van der Waals surface area contributed by atoms with Crippen LogP contribution in [0.2, 0.25) is 0 Å². The number of esters is 1. The molecule has 1 amide bonds. The van der Waals surface area contributed by atoms with Crippen LogP contribution >= 0.6 is 0 Å². The molecule has 0 aliphatic heterocycles. The molecule has 0 aliphatic carbocycles. The minimum Gasteiger partial charge on any atom is -0.495 e. The van der Waals surface area contributed by atoms with Crippen LogP contribution in [-0.2, 0) is 9.53 Å². The summed E-state index contributed by atoms with van der Waals surface area (Å²) in [6.45, 7) is 5.82. The van der Waals surface area contributed by atoms with Gasteiger partial charge in [-0.1, -0.05) is 0 Å². The van der Waals surface area contributed by atoms with E-state index in [4.69, 9.17) is 18.9 Å². The van der Waals surface area contributed by atoms with Crippen LogP contribution in [0.4, 0.5) is 11.4 Å². The first-order chi connectivity index (χ1) is 14.8. The minimum absolute atomic E-state index is 0.0873. The smallest absolute Gasteiger partial charge is 0.339 e. The number of amides is 1. The summed E-state index contributed by atoms with van der Waals surface area (Å²) in [5.74, 6) is -0.312. The van der Waals surface area contributed by atoms with Gasteiger partial charge in [0.1, 0.15) is 5.75 Å². The summed E-state index contributed by atoms with van der Waals surface area (Å²) in [4.78, 5) is 35.4. The number of non-ortho nitro benzene ring substituents is 1. The van der Waals surface area contributed by atoms with Crippen molar-refractivity contribution in [2.75, 3.05) is 25.6 Å². The maximum Gasteiger partial charge on any atom is 0.339 e. The Morgan fingerprint density at radius 3 is 2.29 bits per heavy atom. The number of anilines is 1. The number of methoxy groups -OCH3 is 1. The fourth-order valence-corrected chi connectivity index (χ4v) is 2.60. The molecule has 1 unspecified atom stereocenters. The molecule has 1 N–H and O–H groups in total. The second kappa shape index (κ2) is 10.8. The second-order valence-electron chi connectivity index (χ2n) is 6.21. The monoisotopic (exact) mass is 432 g/mol. The fraction of sp³-hybridized carbons (Fsp3) is 0.333. The van der Waals surface area contributed by atoms with Crippen molar-refractivity contribution in [3.05, 3.63) is 52.1 Å². The lowest BCUT2D eigenvalue weighted by atomic mass is 10.2. The van der Waals surface area contributed by atoms with Gasteiger partial charge in [0.2, 0.25) is 0 Å². The summed E-state index contributed by atoms with van der Waals surface area (Å²) in [5.41, 5.74) is 0.0439. The molecule has 10 nitrogen and oxygen atoms in total. The van der Waals surface area contributed by atoms with E-state index in [2.05, 4.69) is 5.32 Å². The number of nitro benzene ring substituents is 1. The third kappa shape index (κ3) is 6.08. The number of rotatable bonds is 10. The molecule has 166 valence electrons. The Labute approximate surface area is 179 Å². The van der Waals surface area contributed by atoms with Gasteiger partial charge in [0.05, 0.1) is 36.5 Å². The quantitative estimate of drug-likeness (QED) is 0.343. The van der Waals surface area contributed by atoms with Gasteiger partial charge in [0.15, 0.2) is 17.6 Å². The average Bonchev–Trinajstić information content (AvgIpc) is 2.75.